The zero-order valence-electron chi connectivity index (χ0n) is 12.9. The Bertz CT molecular complexity index is 647. The van der Waals surface area contributed by atoms with Gasteiger partial charge < -0.3 is 0 Å². The minimum absolute atomic E-state index is 0.209. The largest absolute Gasteiger partial charge is 0.362 e. The van der Waals surface area contributed by atoms with Gasteiger partial charge in [-0.1, -0.05) is 56.3 Å². The van der Waals surface area contributed by atoms with Gasteiger partial charge in [0, 0.05) is 0 Å². The van der Waals surface area contributed by atoms with Crippen molar-refractivity contribution in [3.8, 4) is 0 Å². The fraction of sp³-hybridized carbons (Fsp3) is 0.333. The fourth-order valence-corrected chi connectivity index (χ4v) is 4.92. The molecule has 0 bridgehead atoms. The maximum Gasteiger partial charge on any atom is 0.362 e. The van der Waals surface area contributed by atoms with Crippen LogP contribution in [0.3, 0.4) is 0 Å². The highest BCUT2D eigenvalue weighted by Gasteiger charge is 2.38. The minimum Gasteiger partial charge on any atom is -0.297 e. The molecule has 0 saturated carbocycles. The first-order valence-corrected chi connectivity index (χ1v) is 9.33. The number of benzene rings is 2. The van der Waals surface area contributed by atoms with Crippen molar-refractivity contribution in [2.24, 2.45) is 0 Å². The lowest BCUT2D eigenvalue weighted by atomic mass is 9.96. The maximum absolute atomic E-state index is 13.4. The van der Waals surface area contributed by atoms with Crippen LogP contribution >= 0.6 is 7.60 Å². The van der Waals surface area contributed by atoms with E-state index in [0.717, 1.165) is 24.0 Å². The molecule has 0 fully saturated rings. The summed E-state index contributed by atoms with van der Waals surface area (Å²) in [6, 6.07) is 17.4. The molecule has 0 radical (unpaired) electrons. The lowest BCUT2D eigenvalue weighted by molar-refractivity contribution is 0.135. The molecular formula is C18H21O3P. The van der Waals surface area contributed by atoms with Gasteiger partial charge in [0.1, 0.15) is 0 Å². The van der Waals surface area contributed by atoms with Crippen LogP contribution < -0.4 is 5.30 Å². The molecule has 3 nitrogen and oxygen atoms in total. The molecule has 3 rings (SSSR count). The Morgan fingerprint density at radius 3 is 1.73 bits per heavy atom. The van der Waals surface area contributed by atoms with Crippen LogP contribution in [0.4, 0.5) is 0 Å². The van der Waals surface area contributed by atoms with Gasteiger partial charge in [-0.3, -0.25) is 13.6 Å². The molecule has 2 aromatic carbocycles. The quantitative estimate of drug-likeness (QED) is 0.734. The molecule has 22 heavy (non-hydrogen) atoms. The second kappa shape index (κ2) is 6.37. The third-order valence-corrected chi connectivity index (χ3v) is 6.03. The van der Waals surface area contributed by atoms with Crippen molar-refractivity contribution in [2.75, 3.05) is 0 Å². The van der Waals surface area contributed by atoms with E-state index in [1.807, 2.05) is 56.3 Å². The lowest BCUT2D eigenvalue weighted by Crippen LogP contribution is -2.11. The summed E-state index contributed by atoms with van der Waals surface area (Å²) < 4.78 is 25.5. The highest BCUT2D eigenvalue weighted by atomic mass is 31.2. The van der Waals surface area contributed by atoms with E-state index in [-0.39, 0.29) is 12.2 Å². The number of hydrogen-bond acceptors (Lipinski definition) is 3. The van der Waals surface area contributed by atoms with E-state index in [1.54, 1.807) is 0 Å². The van der Waals surface area contributed by atoms with Crippen molar-refractivity contribution in [3.63, 3.8) is 0 Å². The van der Waals surface area contributed by atoms with Gasteiger partial charge in [0.25, 0.3) is 0 Å². The van der Waals surface area contributed by atoms with E-state index < -0.39 is 7.60 Å². The first kappa shape index (κ1) is 15.5. The van der Waals surface area contributed by atoms with Crippen molar-refractivity contribution in [3.05, 3.63) is 65.7 Å². The Balaban J connectivity index is 2.10. The summed E-state index contributed by atoms with van der Waals surface area (Å²) >= 11 is 0. The van der Waals surface area contributed by atoms with Gasteiger partial charge in [-0.2, -0.15) is 0 Å². The number of fused-ring (bicyclic) bond motifs is 1. The van der Waals surface area contributed by atoms with Crippen LogP contribution in [0.1, 0.15) is 50.0 Å². The summed E-state index contributed by atoms with van der Waals surface area (Å²) in [7, 11) is -3.34. The van der Waals surface area contributed by atoms with Gasteiger partial charge in [-0.15, -0.1) is 0 Å². The van der Waals surface area contributed by atoms with Crippen LogP contribution in [0, 0.1) is 0 Å². The summed E-state index contributed by atoms with van der Waals surface area (Å²) in [5, 5.41) is 0.625. The molecule has 116 valence electrons. The predicted octanol–water partition coefficient (Wildman–Crippen LogP) is 5.15. The molecule has 1 heterocycles. The van der Waals surface area contributed by atoms with Gasteiger partial charge in [0.2, 0.25) is 0 Å². The van der Waals surface area contributed by atoms with Gasteiger partial charge in [-0.25, -0.2) is 0 Å². The standard InChI is InChI=1S/C18H21O3P/c1-3-17-15-12-8-9-13-16(15)18(4-2)21-22(19,20-17)14-10-6-5-7-11-14/h5-13,17-18H,3-4H2,1-2H3/t17-,18+,22?. The van der Waals surface area contributed by atoms with Crippen molar-refractivity contribution in [2.45, 2.75) is 38.9 Å². The monoisotopic (exact) mass is 316 g/mol. The average molecular weight is 316 g/mol. The summed E-state index contributed by atoms with van der Waals surface area (Å²) in [6.45, 7) is 4.09. The highest BCUT2D eigenvalue weighted by molar-refractivity contribution is 7.62. The van der Waals surface area contributed by atoms with E-state index in [0.29, 0.717) is 5.30 Å². The molecule has 0 amide bonds. The maximum atomic E-state index is 13.4. The van der Waals surface area contributed by atoms with E-state index >= 15 is 0 Å². The van der Waals surface area contributed by atoms with Crippen LogP contribution in [-0.4, -0.2) is 0 Å². The van der Waals surface area contributed by atoms with E-state index in [4.69, 9.17) is 9.05 Å². The molecule has 1 aliphatic heterocycles. The zero-order valence-corrected chi connectivity index (χ0v) is 13.8. The summed E-state index contributed by atoms with van der Waals surface area (Å²) in [6.07, 6.45) is 1.10. The zero-order chi connectivity index (χ0) is 15.6. The average Bonchev–Trinajstić information content (AvgIpc) is 2.71. The third kappa shape index (κ3) is 2.77. The first-order valence-electron chi connectivity index (χ1n) is 7.79. The van der Waals surface area contributed by atoms with Crippen molar-refractivity contribution in [1.82, 2.24) is 0 Å². The van der Waals surface area contributed by atoms with Crippen molar-refractivity contribution in [1.29, 1.82) is 0 Å². The molecule has 1 aliphatic rings. The molecular weight excluding hydrogens is 295 g/mol. The molecule has 3 atom stereocenters. The van der Waals surface area contributed by atoms with Crippen LogP contribution in [-0.2, 0) is 13.6 Å². The molecule has 0 saturated heterocycles. The molecule has 0 spiro atoms. The van der Waals surface area contributed by atoms with Gasteiger partial charge in [0.15, 0.2) is 0 Å². The normalized spacial score (nSPS) is 27.9. The van der Waals surface area contributed by atoms with Gasteiger partial charge in [0.05, 0.1) is 17.5 Å². The minimum atomic E-state index is -3.34. The Morgan fingerprint density at radius 1 is 0.818 bits per heavy atom. The van der Waals surface area contributed by atoms with Gasteiger partial charge in [-0.05, 0) is 36.1 Å². The molecule has 0 N–H and O–H groups in total. The smallest absolute Gasteiger partial charge is 0.297 e. The molecule has 1 unspecified atom stereocenters. The Kier molecular flexibility index (Phi) is 4.49. The van der Waals surface area contributed by atoms with E-state index in [9.17, 15) is 4.57 Å². The van der Waals surface area contributed by atoms with Gasteiger partial charge >= 0.3 is 7.60 Å². The second-order valence-electron chi connectivity index (χ2n) is 5.47. The van der Waals surface area contributed by atoms with Crippen LogP contribution in [0.25, 0.3) is 0 Å². The molecule has 2 aromatic rings. The molecule has 4 heteroatoms. The van der Waals surface area contributed by atoms with Crippen molar-refractivity contribution < 1.29 is 13.6 Å². The lowest BCUT2D eigenvalue weighted by Gasteiger charge is -2.22. The summed E-state index contributed by atoms with van der Waals surface area (Å²) in [4.78, 5) is 0. The SMILES string of the molecule is CC[C@@H]1OP(=O)(c2ccccc2)O[C@H](CC)c2ccccc21. The van der Waals surface area contributed by atoms with Crippen molar-refractivity contribution >= 4 is 12.9 Å². The Morgan fingerprint density at radius 2 is 1.27 bits per heavy atom. The topological polar surface area (TPSA) is 35.5 Å². The summed E-state index contributed by atoms with van der Waals surface area (Å²) in [5.74, 6) is 0. The van der Waals surface area contributed by atoms with Crippen LogP contribution in [0.2, 0.25) is 0 Å². The van der Waals surface area contributed by atoms with E-state index in [2.05, 4.69) is 12.1 Å². The van der Waals surface area contributed by atoms with Crippen LogP contribution in [0.15, 0.2) is 54.6 Å². The number of hydrogen-bond donors (Lipinski definition) is 0. The Hall–Kier alpha value is -1.41. The first-order chi connectivity index (χ1) is 10.7. The van der Waals surface area contributed by atoms with E-state index in [1.165, 1.54) is 0 Å². The van der Waals surface area contributed by atoms with Crippen LogP contribution in [0.5, 0.6) is 0 Å². The molecule has 0 aliphatic carbocycles. The second-order valence-corrected chi connectivity index (χ2v) is 7.40. The highest BCUT2D eigenvalue weighted by Crippen LogP contribution is 2.58. The predicted molar refractivity (Wildman–Crippen MR) is 88.4 cm³/mol. The summed E-state index contributed by atoms with van der Waals surface area (Å²) in [5.41, 5.74) is 2.18. The Labute approximate surface area is 131 Å². The fourth-order valence-electron chi connectivity index (χ4n) is 2.89. The third-order valence-electron chi connectivity index (χ3n) is 4.04. The molecule has 0 aromatic heterocycles. The number of rotatable bonds is 3.